The monoisotopic (exact) mass is 379 g/mol. The van der Waals surface area contributed by atoms with Crippen LogP contribution in [0, 0.1) is 16.7 Å². The maximum absolute atomic E-state index is 12.4. The van der Waals surface area contributed by atoms with Gasteiger partial charge in [-0.2, -0.15) is 5.26 Å². The average molecular weight is 380 g/mol. The lowest BCUT2D eigenvalue weighted by molar-refractivity contribution is -0.122. The van der Waals surface area contributed by atoms with Crippen molar-refractivity contribution in [1.29, 1.82) is 5.26 Å². The minimum atomic E-state index is -0.897. The molecule has 0 atom stereocenters. The Hall–Kier alpha value is -1.61. The quantitative estimate of drug-likeness (QED) is 0.806. The van der Waals surface area contributed by atoms with Crippen LogP contribution < -0.4 is 5.32 Å². The molecule has 1 N–H and O–H groups in total. The summed E-state index contributed by atoms with van der Waals surface area (Å²) in [6.07, 6.45) is 5.41. The van der Waals surface area contributed by atoms with Crippen LogP contribution >= 0.6 is 34.5 Å². The van der Waals surface area contributed by atoms with Crippen molar-refractivity contribution in [3.05, 3.63) is 44.9 Å². The number of halogens is 2. The van der Waals surface area contributed by atoms with Crippen molar-refractivity contribution in [3.63, 3.8) is 0 Å². The molecule has 1 aliphatic rings. The minimum Gasteiger partial charge on any atom is -0.301 e. The smallest absolute Gasteiger partial charge is 0.246 e. The van der Waals surface area contributed by atoms with Gasteiger partial charge in [-0.15, -0.1) is 11.3 Å². The second-order valence-electron chi connectivity index (χ2n) is 5.90. The number of nitrogens with zero attached hydrogens (tertiary/aromatic N) is 2. The van der Waals surface area contributed by atoms with Crippen molar-refractivity contribution in [1.82, 2.24) is 4.98 Å². The first-order valence-corrected chi connectivity index (χ1v) is 9.21. The van der Waals surface area contributed by atoms with E-state index in [1.165, 1.54) is 11.3 Å². The summed E-state index contributed by atoms with van der Waals surface area (Å²) in [6, 6.07) is 7.57. The Bertz CT molecular complexity index is 806. The molecule has 1 saturated carbocycles. The molecule has 0 aliphatic heterocycles. The van der Waals surface area contributed by atoms with Crippen LogP contribution in [0.3, 0.4) is 0 Å². The molecule has 124 valence electrons. The molecule has 1 aromatic carbocycles. The van der Waals surface area contributed by atoms with Crippen molar-refractivity contribution in [2.75, 3.05) is 5.32 Å². The summed E-state index contributed by atoms with van der Waals surface area (Å²) in [5, 5.41) is 13.9. The largest absolute Gasteiger partial charge is 0.301 e. The molecule has 1 aliphatic carbocycles. The highest BCUT2D eigenvalue weighted by Gasteiger charge is 2.41. The van der Waals surface area contributed by atoms with Gasteiger partial charge in [-0.1, -0.05) is 42.1 Å². The molecular weight excluding hydrogens is 365 g/mol. The van der Waals surface area contributed by atoms with Crippen LogP contribution in [0.1, 0.15) is 36.1 Å². The third kappa shape index (κ3) is 3.56. The van der Waals surface area contributed by atoms with E-state index >= 15 is 0 Å². The summed E-state index contributed by atoms with van der Waals surface area (Å²) in [5.41, 5.74) is 0.0533. The average Bonchev–Trinajstić information content (AvgIpc) is 3.20. The Morgan fingerprint density at radius 2 is 2.12 bits per heavy atom. The molecule has 0 bridgehead atoms. The molecule has 3 rings (SSSR count). The van der Waals surface area contributed by atoms with Gasteiger partial charge in [0.25, 0.3) is 0 Å². The molecule has 4 nitrogen and oxygen atoms in total. The van der Waals surface area contributed by atoms with Crippen molar-refractivity contribution in [3.8, 4) is 6.07 Å². The highest BCUT2D eigenvalue weighted by molar-refractivity contribution is 7.15. The van der Waals surface area contributed by atoms with Crippen LogP contribution in [-0.4, -0.2) is 10.9 Å². The minimum absolute atomic E-state index is 0.243. The highest BCUT2D eigenvalue weighted by Crippen LogP contribution is 2.38. The Balaban J connectivity index is 1.69. The van der Waals surface area contributed by atoms with Crippen LogP contribution in [0.15, 0.2) is 24.4 Å². The lowest BCUT2D eigenvalue weighted by Gasteiger charge is -2.17. The fourth-order valence-corrected chi connectivity index (χ4v) is 4.19. The number of hydrogen-bond acceptors (Lipinski definition) is 4. The third-order valence-corrected chi connectivity index (χ3v) is 5.76. The van der Waals surface area contributed by atoms with Crippen LogP contribution in [0.5, 0.6) is 0 Å². The Morgan fingerprint density at radius 1 is 1.38 bits per heavy atom. The summed E-state index contributed by atoms with van der Waals surface area (Å²) in [4.78, 5) is 17.6. The lowest BCUT2D eigenvalue weighted by atomic mass is 9.87. The molecule has 1 aromatic heterocycles. The maximum Gasteiger partial charge on any atom is 0.246 e. The van der Waals surface area contributed by atoms with Gasteiger partial charge in [0.15, 0.2) is 5.13 Å². The van der Waals surface area contributed by atoms with Gasteiger partial charge >= 0.3 is 0 Å². The molecule has 0 spiro atoms. The van der Waals surface area contributed by atoms with Gasteiger partial charge in [-0.05, 0) is 30.5 Å². The van der Waals surface area contributed by atoms with Gasteiger partial charge in [0, 0.05) is 27.5 Å². The normalized spacial score (nSPS) is 15.9. The fraction of sp³-hybridized carbons (Fsp3) is 0.353. The van der Waals surface area contributed by atoms with Crippen LogP contribution in [-0.2, 0) is 11.2 Å². The first-order valence-electron chi connectivity index (χ1n) is 7.64. The first-order chi connectivity index (χ1) is 11.5. The molecule has 1 amide bonds. The summed E-state index contributed by atoms with van der Waals surface area (Å²) >= 11 is 13.5. The molecule has 7 heteroatoms. The predicted octanol–water partition coefficient (Wildman–Crippen LogP) is 5.06. The van der Waals surface area contributed by atoms with Gasteiger partial charge in [0.1, 0.15) is 5.41 Å². The van der Waals surface area contributed by atoms with Gasteiger partial charge < -0.3 is 5.32 Å². The van der Waals surface area contributed by atoms with E-state index in [4.69, 9.17) is 23.2 Å². The fourth-order valence-electron chi connectivity index (χ4n) is 2.88. The van der Waals surface area contributed by atoms with Gasteiger partial charge in [-0.3, -0.25) is 4.79 Å². The van der Waals surface area contributed by atoms with E-state index in [2.05, 4.69) is 16.4 Å². The topological polar surface area (TPSA) is 65.8 Å². The zero-order valence-electron chi connectivity index (χ0n) is 12.8. The Morgan fingerprint density at radius 3 is 2.79 bits per heavy atom. The van der Waals surface area contributed by atoms with Gasteiger partial charge in [-0.25, -0.2) is 4.98 Å². The summed E-state index contributed by atoms with van der Waals surface area (Å²) < 4.78 is 0. The van der Waals surface area contributed by atoms with Gasteiger partial charge in [0.05, 0.1) is 6.07 Å². The molecule has 0 saturated heterocycles. The number of carbonyl (C=O) groups excluding carboxylic acids is 1. The van der Waals surface area contributed by atoms with Crippen LogP contribution in [0.2, 0.25) is 10.0 Å². The van der Waals surface area contributed by atoms with E-state index in [9.17, 15) is 10.1 Å². The summed E-state index contributed by atoms with van der Waals surface area (Å²) in [6.45, 7) is 0. The standard InChI is InChI=1S/C17H15Cl2N3OS/c18-12-4-3-11(14(19)8-12)7-13-9-21-16(24-13)22-15(23)17(10-20)5-1-2-6-17/h3-4,8-9H,1-2,5-7H2,(H,21,22,23). The number of nitriles is 1. The van der Waals surface area contributed by atoms with E-state index in [0.29, 0.717) is 34.4 Å². The zero-order chi connectivity index (χ0) is 17.2. The van der Waals surface area contributed by atoms with E-state index < -0.39 is 5.41 Å². The summed E-state index contributed by atoms with van der Waals surface area (Å²) in [7, 11) is 0. The number of nitrogens with one attached hydrogen (secondary N) is 1. The summed E-state index contributed by atoms with van der Waals surface area (Å²) in [5.74, 6) is -0.243. The Kier molecular flexibility index (Phi) is 5.09. The second-order valence-corrected chi connectivity index (χ2v) is 7.86. The number of aromatic nitrogens is 1. The van der Waals surface area contributed by atoms with E-state index in [1.54, 1.807) is 18.3 Å². The molecule has 2 aromatic rings. The van der Waals surface area contributed by atoms with Crippen molar-refractivity contribution < 1.29 is 4.79 Å². The number of carbonyl (C=O) groups is 1. The molecule has 24 heavy (non-hydrogen) atoms. The van der Waals surface area contributed by atoms with Gasteiger partial charge in [0.2, 0.25) is 5.91 Å². The van der Waals surface area contributed by atoms with E-state index in [1.807, 2.05) is 6.07 Å². The van der Waals surface area contributed by atoms with Crippen molar-refractivity contribution in [2.24, 2.45) is 5.41 Å². The SMILES string of the molecule is N#CC1(C(=O)Nc2ncc(Cc3ccc(Cl)cc3Cl)s2)CCCC1. The maximum atomic E-state index is 12.4. The van der Waals surface area contributed by atoms with Crippen molar-refractivity contribution >= 4 is 45.6 Å². The van der Waals surface area contributed by atoms with Crippen LogP contribution in [0.25, 0.3) is 0 Å². The molecule has 1 heterocycles. The molecule has 0 radical (unpaired) electrons. The number of benzene rings is 1. The molecule has 0 unspecified atom stereocenters. The number of anilines is 1. The number of hydrogen-bond donors (Lipinski definition) is 1. The highest BCUT2D eigenvalue weighted by atomic mass is 35.5. The Labute approximate surface area is 154 Å². The molecular formula is C17H15Cl2N3OS. The third-order valence-electron chi connectivity index (χ3n) is 4.26. The van der Waals surface area contributed by atoms with Crippen LogP contribution in [0.4, 0.5) is 5.13 Å². The van der Waals surface area contributed by atoms with E-state index in [0.717, 1.165) is 23.3 Å². The second kappa shape index (κ2) is 7.10. The number of thiazole rings is 1. The predicted molar refractivity (Wildman–Crippen MR) is 96.5 cm³/mol. The lowest BCUT2D eigenvalue weighted by Crippen LogP contribution is -2.32. The van der Waals surface area contributed by atoms with Crippen molar-refractivity contribution in [2.45, 2.75) is 32.1 Å². The number of amides is 1. The molecule has 1 fully saturated rings. The number of rotatable bonds is 4. The zero-order valence-corrected chi connectivity index (χ0v) is 15.1. The first kappa shape index (κ1) is 17.2. The van der Waals surface area contributed by atoms with E-state index in [-0.39, 0.29) is 5.91 Å².